The topological polar surface area (TPSA) is 40.6 Å². The van der Waals surface area contributed by atoms with Gasteiger partial charge < -0.3 is 0 Å². The second kappa shape index (κ2) is 4.97. The Balaban J connectivity index is 1.97. The lowest BCUT2D eigenvalue weighted by atomic mass is 9.98. The number of hydrogen-bond donors (Lipinski definition) is 0. The molecule has 18 heavy (non-hydrogen) atoms. The number of piperidine rings is 1. The largest absolute Gasteiger partial charge is 0.391 e. The van der Waals surface area contributed by atoms with Gasteiger partial charge in [-0.2, -0.15) is 30.2 Å². The minimum Gasteiger partial charge on any atom is -0.195 e. The molecule has 4 nitrogen and oxygen atoms in total. The summed E-state index contributed by atoms with van der Waals surface area (Å²) in [6.07, 6.45) is -2.80. The van der Waals surface area contributed by atoms with Gasteiger partial charge in [-0.25, -0.2) is 0 Å². The molecule has 0 amide bonds. The van der Waals surface area contributed by atoms with E-state index in [4.69, 9.17) is 0 Å². The Morgan fingerprint density at radius 1 is 0.889 bits per heavy atom. The molecule has 0 atom stereocenters. The average molecular weight is 286 g/mol. The summed E-state index contributed by atoms with van der Waals surface area (Å²) < 4.78 is 64.3. The highest BCUT2D eigenvalue weighted by molar-refractivity contribution is 7.86. The van der Waals surface area contributed by atoms with Crippen molar-refractivity contribution in [1.82, 2.24) is 8.61 Å². The average Bonchev–Trinajstić information content (AvgIpc) is 2.82. The molecule has 0 bridgehead atoms. The summed E-state index contributed by atoms with van der Waals surface area (Å²) in [5, 5.41) is 0. The summed E-state index contributed by atoms with van der Waals surface area (Å²) in [7, 11) is -3.53. The van der Waals surface area contributed by atoms with Crippen molar-refractivity contribution >= 4 is 10.2 Å². The molecule has 0 N–H and O–H groups in total. The third kappa shape index (κ3) is 2.80. The first kappa shape index (κ1) is 14.1. The molecule has 0 unspecified atom stereocenters. The monoisotopic (exact) mass is 286 g/mol. The van der Waals surface area contributed by atoms with Crippen molar-refractivity contribution < 1.29 is 21.6 Å². The van der Waals surface area contributed by atoms with Crippen LogP contribution in [0.1, 0.15) is 25.7 Å². The highest BCUT2D eigenvalue weighted by Crippen LogP contribution is 2.35. The van der Waals surface area contributed by atoms with Crippen molar-refractivity contribution in [2.24, 2.45) is 5.92 Å². The Bertz CT molecular complexity index is 382. The molecule has 8 heteroatoms. The lowest BCUT2D eigenvalue weighted by Gasteiger charge is -2.34. The third-order valence-corrected chi connectivity index (χ3v) is 5.67. The molecular formula is C10H17F3N2O2S. The van der Waals surface area contributed by atoms with Crippen LogP contribution in [0.4, 0.5) is 13.2 Å². The van der Waals surface area contributed by atoms with E-state index in [0.717, 1.165) is 12.8 Å². The van der Waals surface area contributed by atoms with Crippen molar-refractivity contribution in [1.29, 1.82) is 0 Å². The molecule has 2 saturated heterocycles. The fraction of sp³-hybridized carbons (Fsp3) is 1.00. The first-order chi connectivity index (χ1) is 8.32. The Morgan fingerprint density at radius 2 is 1.33 bits per heavy atom. The number of halogens is 3. The summed E-state index contributed by atoms with van der Waals surface area (Å²) in [5.74, 6) is -1.36. The minimum atomic E-state index is -4.20. The molecule has 2 rings (SSSR count). The van der Waals surface area contributed by atoms with Crippen LogP contribution in [0.3, 0.4) is 0 Å². The van der Waals surface area contributed by atoms with Crippen molar-refractivity contribution in [3.8, 4) is 0 Å². The molecule has 0 aromatic heterocycles. The van der Waals surface area contributed by atoms with Crippen molar-refractivity contribution in [3.05, 3.63) is 0 Å². The summed E-state index contributed by atoms with van der Waals surface area (Å²) in [5.41, 5.74) is 0. The maximum absolute atomic E-state index is 12.5. The van der Waals surface area contributed by atoms with Gasteiger partial charge in [-0.1, -0.05) is 0 Å². The molecule has 0 aliphatic carbocycles. The van der Waals surface area contributed by atoms with Crippen LogP contribution >= 0.6 is 0 Å². The van der Waals surface area contributed by atoms with Crippen LogP contribution in [0.25, 0.3) is 0 Å². The quantitative estimate of drug-likeness (QED) is 0.773. The van der Waals surface area contributed by atoms with Crippen LogP contribution in [0, 0.1) is 5.92 Å². The van der Waals surface area contributed by atoms with Gasteiger partial charge in [0.15, 0.2) is 0 Å². The van der Waals surface area contributed by atoms with Crippen LogP contribution in [-0.2, 0) is 10.2 Å². The van der Waals surface area contributed by atoms with Gasteiger partial charge in [0.2, 0.25) is 0 Å². The highest BCUT2D eigenvalue weighted by atomic mass is 32.2. The maximum Gasteiger partial charge on any atom is 0.391 e. The number of rotatable bonds is 2. The van der Waals surface area contributed by atoms with E-state index in [-0.39, 0.29) is 25.9 Å². The minimum absolute atomic E-state index is 0.0248. The second-order valence-electron chi connectivity index (χ2n) is 4.83. The van der Waals surface area contributed by atoms with Crippen molar-refractivity contribution in [2.45, 2.75) is 31.9 Å². The van der Waals surface area contributed by atoms with E-state index < -0.39 is 22.3 Å². The highest BCUT2D eigenvalue weighted by Gasteiger charge is 2.43. The third-order valence-electron chi connectivity index (χ3n) is 3.63. The summed E-state index contributed by atoms with van der Waals surface area (Å²) in [4.78, 5) is 0. The van der Waals surface area contributed by atoms with E-state index in [1.54, 1.807) is 0 Å². The standard InChI is InChI=1S/C10H17F3N2O2S/c11-10(12,13)9-3-7-15(8-4-9)18(16,17)14-5-1-2-6-14/h9H,1-8H2. The van der Waals surface area contributed by atoms with E-state index >= 15 is 0 Å². The Kier molecular flexibility index (Phi) is 3.89. The van der Waals surface area contributed by atoms with Gasteiger partial charge >= 0.3 is 6.18 Å². The van der Waals surface area contributed by atoms with Gasteiger partial charge in [0.25, 0.3) is 10.2 Å². The normalized spacial score (nSPS) is 25.7. The molecule has 2 aliphatic rings. The SMILES string of the molecule is O=S(=O)(N1CCCC1)N1CCC(C(F)(F)F)CC1. The second-order valence-corrected chi connectivity index (χ2v) is 6.76. The van der Waals surface area contributed by atoms with Crippen molar-refractivity contribution in [3.63, 3.8) is 0 Å². The number of nitrogens with zero attached hydrogens (tertiary/aromatic N) is 2. The molecule has 0 aromatic rings. The zero-order valence-corrected chi connectivity index (χ0v) is 10.8. The maximum atomic E-state index is 12.5. The predicted molar refractivity (Wildman–Crippen MR) is 60.1 cm³/mol. The van der Waals surface area contributed by atoms with Crippen LogP contribution < -0.4 is 0 Å². The van der Waals surface area contributed by atoms with E-state index in [1.807, 2.05) is 0 Å². The van der Waals surface area contributed by atoms with E-state index in [1.165, 1.54) is 8.61 Å². The zero-order chi connectivity index (χ0) is 13.4. The van der Waals surface area contributed by atoms with Gasteiger partial charge in [-0.3, -0.25) is 0 Å². The number of alkyl halides is 3. The first-order valence-corrected chi connectivity index (χ1v) is 7.53. The molecule has 0 saturated carbocycles. The summed E-state index contributed by atoms with van der Waals surface area (Å²) >= 11 is 0. The Hall–Kier alpha value is -0.340. The molecule has 2 aliphatic heterocycles. The van der Waals surface area contributed by atoms with Gasteiger partial charge in [-0.05, 0) is 25.7 Å². The molecule has 0 radical (unpaired) electrons. The smallest absolute Gasteiger partial charge is 0.195 e. The van der Waals surface area contributed by atoms with E-state index in [9.17, 15) is 21.6 Å². The van der Waals surface area contributed by atoms with Crippen LogP contribution in [0.5, 0.6) is 0 Å². The molecule has 106 valence electrons. The van der Waals surface area contributed by atoms with Crippen LogP contribution in [0.15, 0.2) is 0 Å². The van der Waals surface area contributed by atoms with Gasteiger partial charge in [0, 0.05) is 26.2 Å². The van der Waals surface area contributed by atoms with Crippen LogP contribution in [0.2, 0.25) is 0 Å². The fourth-order valence-corrected chi connectivity index (χ4v) is 4.21. The number of hydrogen-bond acceptors (Lipinski definition) is 2. The molecule has 0 spiro atoms. The lowest BCUT2D eigenvalue weighted by Crippen LogP contribution is -2.47. The predicted octanol–water partition coefficient (Wildman–Crippen LogP) is 1.60. The van der Waals surface area contributed by atoms with Crippen molar-refractivity contribution in [2.75, 3.05) is 26.2 Å². The van der Waals surface area contributed by atoms with Gasteiger partial charge in [0.05, 0.1) is 5.92 Å². The molecular weight excluding hydrogens is 269 g/mol. The molecule has 2 fully saturated rings. The lowest BCUT2D eigenvalue weighted by molar-refractivity contribution is -0.182. The molecule has 0 aromatic carbocycles. The van der Waals surface area contributed by atoms with Gasteiger partial charge in [-0.15, -0.1) is 0 Å². The van der Waals surface area contributed by atoms with Gasteiger partial charge in [0.1, 0.15) is 0 Å². The van der Waals surface area contributed by atoms with E-state index in [0.29, 0.717) is 13.1 Å². The first-order valence-electron chi connectivity index (χ1n) is 6.14. The fourth-order valence-electron chi connectivity index (χ4n) is 2.50. The Morgan fingerprint density at radius 3 is 1.78 bits per heavy atom. The Labute approximate surface area is 105 Å². The summed E-state index contributed by atoms with van der Waals surface area (Å²) in [6, 6.07) is 0. The zero-order valence-electron chi connectivity index (χ0n) is 9.99. The summed E-state index contributed by atoms with van der Waals surface area (Å²) in [6.45, 7) is 0.926. The van der Waals surface area contributed by atoms with Crippen LogP contribution in [-0.4, -0.2) is 49.4 Å². The molecule has 2 heterocycles. The van der Waals surface area contributed by atoms with E-state index in [2.05, 4.69) is 0 Å².